The molecule has 0 saturated carbocycles. The van der Waals surface area contributed by atoms with Gasteiger partial charge in [0.1, 0.15) is 5.82 Å². The normalized spacial score (nSPS) is 14.9. The Hall–Kier alpha value is -0.930. The highest BCUT2D eigenvalue weighted by Crippen LogP contribution is 2.05. The van der Waals surface area contributed by atoms with E-state index in [-0.39, 0.29) is 24.4 Å². The molecule has 0 amide bonds. The smallest absolute Gasteiger partial charge is 0.123 e. The molecule has 84 valence electrons. The summed E-state index contributed by atoms with van der Waals surface area (Å²) in [6, 6.07) is 6.75. The minimum atomic E-state index is -0.211. The second-order valence-corrected chi connectivity index (χ2v) is 3.96. The van der Waals surface area contributed by atoms with Gasteiger partial charge < -0.3 is 10.4 Å². The number of hydrogen-bond acceptors (Lipinski definition) is 2. The Bertz CT molecular complexity index is 303. The molecule has 2 unspecified atom stereocenters. The van der Waals surface area contributed by atoms with Crippen LogP contribution >= 0.6 is 0 Å². The Morgan fingerprint density at radius 3 is 2.73 bits per heavy atom. The zero-order valence-electron chi connectivity index (χ0n) is 9.20. The van der Waals surface area contributed by atoms with Gasteiger partial charge in [-0.2, -0.15) is 0 Å². The van der Waals surface area contributed by atoms with E-state index < -0.39 is 0 Å². The predicted molar refractivity (Wildman–Crippen MR) is 59.0 cm³/mol. The number of hydrogen-bond donors (Lipinski definition) is 2. The van der Waals surface area contributed by atoms with Crippen LogP contribution in [0, 0.1) is 11.7 Å². The fraction of sp³-hybridized carbons (Fsp3) is 0.500. The van der Waals surface area contributed by atoms with Crippen molar-refractivity contribution in [2.24, 2.45) is 5.92 Å². The van der Waals surface area contributed by atoms with Gasteiger partial charge in [-0.25, -0.2) is 4.39 Å². The topological polar surface area (TPSA) is 32.3 Å². The molecule has 0 fully saturated rings. The van der Waals surface area contributed by atoms with E-state index in [1.165, 1.54) is 12.1 Å². The summed E-state index contributed by atoms with van der Waals surface area (Å²) in [5, 5.41) is 12.2. The average molecular weight is 211 g/mol. The number of aliphatic hydroxyl groups excluding tert-OH is 1. The maximum atomic E-state index is 12.8. The average Bonchev–Trinajstić information content (AvgIpc) is 2.25. The molecule has 0 bridgehead atoms. The molecule has 2 N–H and O–H groups in total. The molecule has 2 nitrogen and oxygen atoms in total. The van der Waals surface area contributed by atoms with Crippen LogP contribution in [-0.2, 0) is 6.54 Å². The molecular formula is C12H18FNO. The summed E-state index contributed by atoms with van der Waals surface area (Å²) >= 11 is 0. The molecule has 0 spiro atoms. The van der Waals surface area contributed by atoms with Gasteiger partial charge in [-0.3, -0.25) is 0 Å². The lowest BCUT2D eigenvalue weighted by atomic mass is 10.0. The quantitative estimate of drug-likeness (QED) is 0.780. The number of halogens is 1. The van der Waals surface area contributed by atoms with Crippen molar-refractivity contribution >= 4 is 0 Å². The second-order valence-electron chi connectivity index (χ2n) is 3.96. The summed E-state index contributed by atoms with van der Waals surface area (Å²) in [5.41, 5.74) is 0.923. The first-order chi connectivity index (χ1) is 7.13. The first-order valence-corrected chi connectivity index (χ1v) is 5.22. The molecule has 0 aliphatic rings. The summed E-state index contributed by atoms with van der Waals surface area (Å²) in [6.07, 6.45) is 0. The second kappa shape index (κ2) is 5.83. The Kier molecular flexibility index (Phi) is 4.72. The Labute approximate surface area is 90.1 Å². The molecule has 3 heteroatoms. The van der Waals surface area contributed by atoms with Gasteiger partial charge in [0.15, 0.2) is 0 Å². The lowest BCUT2D eigenvalue weighted by molar-refractivity contribution is 0.207. The molecule has 0 aliphatic heterocycles. The van der Waals surface area contributed by atoms with E-state index in [0.29, 0.717) is 6.54 Å². The van der Waals surface area contributed by atoms with E-state index in [9.17, 15) is 4.39 Å². The number of aliphatic hydroxyl groups is 1. The Morgan fingerprint density at radius 1 is 1.40 bits per heavy atom. The van der Waals surface area contributed by atoms with Crippen molar-refractivity contribution in [3.63, 3.8) is 0 Å². The van der Waals surface area contributed by atoms with Crippen LogP contribution in [0.4, 0.5) is 4.39 Å². The van der Waals surface area contributed by atoms with Crippen LogP contribution < -0.4 is 5.32 Å². The van der Waals surface area contributed by atoms with Crippen LogP contribution in [0.2, 0.25) is 0 Å². The predicted octanol–water partition coefficient (Wildman–Crippen LogP) is 1.93. The molecule has 1 rings (SSSR count). The fourth-order valence-electron chi connectivity index (χ4n) is 1.29. The first kappa shape index (κ1) is 12.1. The highest BCUT2D eigenvalue weighted by molar-refractivity contribution is 5.16. The van der Waals surface area contributed by atoms with E-state index in [2.05, 4.69) is 5.32 Å². The Morgan fingerprint density at radius 2 is 2.13 bits per heavy atom. The molecule has 0 aromatic heterocycles. The van der Waals surface area contributed by atoms with E-state index in [4.69, 9.17) is 5.11 Å². The largest absolute Gasteiger partial charge is 0.396 e. The zero-order valence-corrected chi connectivity index (χ0v) is 9.20. The Balaban J connectivity index is 2.43. The summed E-state index contributed by atoms with van der Waals surface area (Å²) in [5.74, 6) is -0.00396. The van der Waals surface area contributed by atoms with Crippen LogP contribution in [0.25, 0.3) is 0 Å². The van der Waals surface area contributed by atoms with Crippen molar-refractivity contribution in [2.45, 2.75) is 26.4 Å². The molecule has 0 radical (unpaired) electrons. The van der Waals surface area contributed by atoms with Crippen LogP contribution in [0.5, 0.6) is 0 Å². The van der Waals surface area contributed by atoms with Gasteiger partial charge in [-0.15, -0.1) is 0 Å². The molecule has 1 aromatic rings. The van der Waals surface area contributed by atoms with Crippen LogP contribution in [-0.4, -0.2) is 17.8 Å². The number of rotatable bonds is 5. The van der Waals surface area contributed by atoms with Gasteiger partial charge in [0.2, 0.25) is 0 Å². The molecule has 15 heavy (non-hydrogen) atoms. The molecule has 0 heterocycles. The maximum Gasteiger partial charge on any atom is 0.123 e. The van der Waals surface area contributed by atoms with Crippen molar-refractivity contribution in [3.05, 3.63) is 35.6 Å². The van der Waals surface area contributed by atoms with Crippen molar-refractivity contribution in [1.82, 2.24) is 5.32 Å². The lowest BCUT2D eigenvalue weighted by Gasteiger charge is -2.19. The van der Waals surface area contributed by atoms with Gasteiger partial charge in [0, 0.05) is 19.2 Å². The molecular weight excluding hydrogens is 193 g/mol. The van der Waals surface area contributed by atoms with Crippen LogP contribution in [0.15, 0.2) is 24.3 Å². The summed E-state index contributed by atoms with van der Waals surface area (Å²) in [4.78, 5) is 0. The van der Waals surface area contributed by atoms with Gasteiger partial charge in [0.05, 0.1) is 0 Å². The third-order valence-corrected chi connectivity index (χ3v) is 2.66. The van der Waals surface area contributed by atoms with Gasteiger partial charge in [0.25, 0.3) is 0 Å². The monoisotopic (exact) mass is 211 g/mol. The zero-order chi connectivity index (χ0) is 11.3. The lowest BCUT2D eigenvalue weighted by Crippen LogP contribution is -2.33. The van der Waals surface area contributed by atoms with Crippen molar-refractivity contribution in [1.29, 1.82) is 0 Å². The summed E-state index contributed by atoms with van der Waals surface area (Å²) in [6.45, 7) is 4.78. The fourth-order valence-corrected chi connectivity index (χ4v) is 1.29. The number of nitrogens with one attached hydrogen (secondary N) is 1. The third-order valence-electron chi connectivity index (χ3n) is 2.66. The van der Waals surface area contributed by atoms with E-state index in [1.807, 2.05) is 19.9 Å². The van der Waals surface area contributed by atoms with Gasteiger partial charge in [-0.05, 0) is 30.5 Å². The molecule has 2 atom stereocenters. The maximum absolute atomic E-state index is 12.8. The van der Waals surface area contributed by atoms with Crippen LogP contribution in [0.3, 0.4) is 0 Å². The SMILES string of the molecule is CC(CO)C(C)NCc1cccc(F)c1. The first-order valence-electron chi connectivity index (χ1n) is 5.22. The van der Waals surface area contributed by atoms with Gasteiger partial charge in [-0.1, -0.05) is 19.1 Å². The van der Waals surface area contributed by atoms with E-state index >= 15 is 0 Å². The van der Waals surface area contributed by atoms with Gasteiger partial charge >= 0.3 is 0 Å². The van der Waals surface area contributed by atoms with Crippen molar-refractivity contribution in [2.75, 3.05) is 6.61 Å². The number of benzene rings is 1. The summed E-state index contributed by atoms with van der Waals surface area (Å²) < 4.78 is 12.8. The highest BCUT2D eigenvalue weighted by atomic mass is 19.1. The third kappa shape index (κ3) is 3.98. The minimum Gasteiger partial charge on any atom is -0.396 e. The molecule has 0 saturated heterocycles. The highest BCUT2D eigenvalue weighted by Gasteiger charge is 2.09. The molecule has 1 aromatic carbocycles. The summed E-state index contributed by atoms with van der Waals surface area (Å²) in [7, 11) is 0. The molecule has 0 aliphatic carbocycles. The standard InChI is InChI=1S/C12H18FNO/c1-9(8-15)10(2)14-7-11-4-3-5-12(13)6-11/h3-6,9-10,14-15H,7-8H2,1-2H3. The minimum absolute atomic E-state index is 0.164. The van der Waals surface area contributed by atoms with E-state index in [0.717, 1.165) is 5.56 Å². The van der Waals surface area contributed by atoms with Crippen molar-refractivity contribution < 1.29 is 9.50 Å². The van der Waals surface area contributed by atoms with E-state index in [1.54, 1.807) is 6.07 Å². The van der Waals surface area contributed by atoms with Crippen molar-refractivity contribution in [3.8, 4) is 0 Å². The van der Waals surface area contributed by atoms with Crippen LogP contribution in [0.1, 0.15) is 19.4 Å².